The Hall–Kier alpha value is 0.470. The number of carbonyl (C=O) groups is 1. The van der Waals surface area contributed by atoms with Crippen LogP contribution in [0, 0.1) is 0 Å². The molecule has 3 heteroatoms. The Labute approximate surface area is 59.4 Å². The first-order valence-electron chi connectivity index (χ1n) is 1.51. The van der Waals surface area contributed by atoms with Gasteiger partial charge in [0.05, 0.1) is 0 Å². The number of amides is 1. The van der Waals surface area contributed by atoms with Crippen molar-refractivity contribution in [2.45, 2.75) is 13.3 Å². The fraction of sp³-hybridized carbons (Fsp3) is 0.667. The minimum atomic E-state index is -0.495. The summed E-state index contributed by atoms with van der Waals surface area (Å²) in [6, 6.07) is 0. The van der Waals surface area contributed by atoms with E-state index >= 15 is 0 Å². The van der Waals surface area contributed by atoms with Gasteiger partial charge in [-0.25, -0.2) is 0 Å². The minimum absolute atomic E-state index is 0. The molecule has 0 atom stereocenters. The molecule has 0 saturated heterocycles. The monoisotopic (exact) mass is 95.0 g/mol. The number of carbonyl (C=O) groups excluding carboxylic acids is 1. The topological polar surface area (TPSA) is 40.9 Å². The van der Waals surface area contributed by atoms with Crippen molar-refractivity contribution in [3.63, 3.8) is 0 Å². The molecule has 0 saturated carbocycles. The van der Waals surface area contributed by atoms with Crippen LogP contribution >= 0.6 is 0 Å². The summed E-state index contributed by atoms with van der Waals surface area (Å²) < 4.78 is 0. The van der Waals surface area contributed by atoms with Crippen molar-refractivity contribution in [3.05, 3.63) is 5.73 Å². The van der Waals surface area contributed by atoms with Crippen LogP contribution in [0.2, 0.25) is 0 Å². The molecule has 1 N–H and O–H groups in total. The summed E-state index contributed by atoms with van der Waals surface area (Å²) in [5, 5.41) is 0. The molecule has 0 fully saturated rings. The van der Waals surface area contributed by atoms with E-state index in [-0.39, 0.29) is 29.6 Å². The molecule has 0 unspecified atom stereocenters. The molecule has 0 aromatic heterocycles. The zero-order valence-electron chi connectivity index (χ0n) is 4.12. The van der Waals surface area contributed by atoms with Gasteiger partial charge in [-0.15, -0.1) is 0 Å². The third kappa shape index (κ3) is 8.82. The maximum Gasteiger partial charge on any atom is 1.00 e. The molecule has 0 aliphatic carbocycles. The fourth-order valence-electron chi connectivity index (χ4n) is 0. The Morgan fingerprint density at radius 1 is 1.83 bits per heavy atom. The summed E-state index contributed by atoms with van der Waals surface area (Å²) in [5.41, 5.74) is 6.19. The molecule has 0 heterocycles. The first kappa shape index (κ1) is 9.69. The second-order valence-electron chi connectivity index (χ2n) is 0.777. The average Bonchev–Trinajstić information content (AvgIpc) is 1.38. The maximum absolute atomic E-state index is 9.48. The van der Waals surface area contributed by atoms with Crippen LogP contribution in [0.3, 0.4) is 0 Å². The van der Waals surface area contributed by atoms with Crippen LogP contribution in [0.1, 0.15) is 13.3 Å². The van der Waals surface area contributed by atoms with Gasteiger partial charge >= 0.3 is 29.6 Å². The number of hydrogen-bond acceptors (Lipinski definition) is 1. The molecule has 30 valence electrons. The Bertz CT molecular complexity index is 46.1. The van der Waals surface area contributed by atoms with E-state index in [1.807, 2.05) is 0 Å². The molecule has 6 heavy (non-hydrogen) atoms. The van der Waals surface area contributed by atoms with Crippen molar-refractivity contribution in [3.8, 4) is 0 Å². The van der Waals surface area contributed by atoms with Crippen LogP contribution in [-0.2, 0) is 4.79 Å². The van der Waals surface area contributed by atoms with Gasteiger partial charge in [0.15, 0.2) is 0 Å². The zero-order chi connectivity index (χ0) is 4.28. The molecule has 0 radical (unpaired) electrons. The fourth-order valence-corrected chi connectivity index (χ4v) is 0. The van der Waals surface area contributed by atoms with Crippen LogP contribution in [0.5, 0.6) is 0 Å². The Morgan fingerprint density at radius 2 is 2.00 bits per heavy atom. The third-order valence-electron chi connectivity index (χ3n) is 0.321. The van der Waals surface area contributed by atoms with Crippen LogP contribution < -0.4 is 29.6 Å². The van der Waals surface area contributed by atoms with Gasteiger partial charge in [0.25, 0.3) is 0 Å². The van der Waals surface area contributed by atoms with Crippen molar-refractivity contribution in [1.29, 1.82) is 0 Å². The first-order chi connectivity index (χ1) is 2.27. The van der Waals surface area contributed by atoms with Crippen LogP contribution in [0.4, 0.5) is 0 Å². The van der Waals surface area contributed by atoms with Crippen LogP contribution in [0.25, 0.3) is 5.73 Å². The van der Waals surface area contributed by atoms with E-state index in [9.17, 15) is 4.79 Å². The molecule has 0 spiro atoms. The van der Waals surface area contributed by atoms with Gasteiger partial charge in [-0.1, -0.05) is 6.92 Å². The van der Waals surface area contributed by atoms with Crippen molar-refractivity contribution < 1.29 is 34.4 Å². The van der Waals surface area contributed by atoms with Crippen molar-refractivity contribution in [2.75, 3.05) is 0 Å². The predicted molar refractivity (Wildman–Crippen MR) is 19.6 cm³/mol. The minimum Gasteiger partial charge on any atom is -0.668 e. The Balaban J connectivity index is 0. The summed E-state index contributed by atoms with van der Waals surface area (Å²) in [6.45, 7) is 1.66. The second-order valence-corrected chi connectivity index (χ2v) is 0.777. The third-order valence-corrected chi connectivity index (χ3v) is 0.321. The Morgan fingerprint density at radius 3 is 2.00 bits per heavy atom. The molecular formula is C3H6NNaO. The van der Waals surface area contributed by atoms with Crippen molar-refractivity contribution in [1.82, 2.24) is 0 Å². The molecule has 0 aromatic rings. The summed E-state index contributed by atoms with van der Waals surface area (Å²) >= 11 is 0. The van der Waals surface area contributed by atoms with Gasteiger partial charge in [0.2, 0.25) is 0 Å². The van der Waals surface area contributed by atoms with E-state index in [0.29, 0.717) is 6.42 Å². The summed E-state index contributed by atoms with van der Waals surface area (Å²) in [5.74, 6) is -0.495. The molecular weight excluding hydrogens is 89.0 g/mol. The summed E-state index contributed by atoms with van der Waals surface area (Å²) in [4.78, 5) is 9.48. The summed E-state index contributed by atoms with van der Waals surface area (Å²) in [6.07, 6.45) is 0.333. The van der Waals surface area contributed by atoms with Crippen molar-refractivity contribution >= 4 is 5.91 Å². The summed E-state index contributed by atoms with van der Waals surface area (Å²) in [7, 11) is 0. The van der Waals surface area contributed by atoms with E-state index in [1.54, 1.807) is 6.92 Å². The van der Waals surface area contributed by atoms with Crippen LogP contribution in [-0.4, -0.2) is 5.91 Å². The van der Waals surface area contributed by atoms with E-state index in [1.165, 1.54) is 0 Å². The number of rotatable bonds is 1. The van der Waals surface area contributed by atoms with E-state index in [2.05, 4.69) is 0 Å². The van der Waals surface area contributed by atoms with Gasteiger partial charge < -0.3 is 10.5 Å². The number of hydrogen-bond donors (Lipinski definition) is 0. The SMILES string of the molecule is CCC([NH-])=O.[Na+]. The maximum atomic E-state index is 9.48. The van der Waals surface area contributed by atoms with E-state index < -0.39 is 5.91 Å². The largest absolute Gasteiger partial charge is 1.00 e. The normalized spacial score (nSPS) is 6.17. The predicted octanol–water partition coefficient (Wildman–Crippen LogP) is -2.02. The van der Waals surface area contributed by atoms with Gasteiger partial charge in [0, 0.05) is 5.91 Å². The molecule has 0 aromatic carbocycles. The molecule has 0 bridgehead atoms. The van der Waals surface area contributed by atoms with Crippen molar-refractivity contribution in [2.24, 2.45) is 0 Å². The quantitative estimate of drug-likeness (QED) is 0.346. The van der Waals surface area contributed by atoms with Gasteiger partial charge in [-0.3, -0.25) is 0 Å². The zero-order valence-corrected chi connectivity index (χ0v) is 6.12. The van der Waals surface area contributed by atoms with E-state index in [4.69, 9.17) is 5.73 Å². The van der Waals surface area contributed by atoms with Crippen LogP contribution in [0.15, 0.2) is 0 Å². The van der Waals surface area contributed by atoms with Gasteiger partial charge in [0.1, 0.15) is 0 Å². The molecule has 2 nitrogen and oxygen atoms in total. The van der Waals surface area contributed by atoms with Gasteiger partial charge in [-0.2, -0.15) is 0 Å². The first-order valence-corrected chi connectivity index (χ1v) is 1.51. The molecule has 0 aliphatic rings. The molecule has 1 amide bonds. The average molecular weight is 95.1 g/mol. The standard InChI is InChI=1S/C3H7NO.Na/c1-2-3(4)5;/h2H2,1H3,(H2,4,5);/q;+1/p-1. The smallest absolute Gasteiger partial charge is 0.668 e. The van der Waals surface area contributed by atoms with E-state index in [0.717, 1.165) is 0 Å². The molecule has 0 aliphatic heterocycles. The number of nitrogens with one attached hydrogen (secondary N) is 1. The van der Waals surface area contributed by atoms with Gasteiger partial charge in [-0.05, 0) is 6.42 Å². The Kier molecular flexibility index (Phi) is 8.83. The molecule has 0 rings (SSSR count). The second kappa shape index (κ2) is 5.47.